The van der Waals surface area contributed by atoms with E-state index in [2.05, 4.69) is 15.5 Å². The van der Waals surface area contributed by atoms with Gasteiger partial charge in [-0.15, -0.1) is 11.3 Å². The summed E-state index contributed by atoms with van der Waals surface area (Å²) in [5, 5.41) is 25.0. The topological polar surface area (TPSA) is 113 Å². The summed E-state index contributed by atoms with van der Waals surface area (Å²) in [6.45, 7) is 4.41. The summed E-state index contributed by atoms with van der Waals surface area (Å²) >= 11 is 1.31. The van der Waals surface area contributed by atoms with Gasteiger partial charge in [0.25, 0.3) is 0 Å². The van der Waals surface area contributed by atoms with Crippen LogP contribution in [0.3, 0.4) is 0 Å². The zero-order valence-electron chi connectivity index (χ0n) is 14.5. The minimum atomic E-state index is -1.57. The van der Waals surface area contributed by atoms with Gasteiger partial charge in [-0.25, -0.2) is 4.98 Å². The van der Waals surface area contributed by atoms with Crippen molar-refractivity contribution >= 4 is 41.2 Å². The second-order valence-electron chi connectivity index (χ2n) is 5.10. The van der Waals surface area contributed by atoms with Gasteiger partial charge in [-0.1, -0.05) is 6.07 Å². The fourth-order valence-corrected chi connectivity index (χ4v) is 2.73. The van der Waals surface area contributed by atoms with E-state index >= 15 is 0 Å². The number of hydrogen-bond donors (Lipinski definition) is 3. The van der Waals surface area contributed by atoms with E-state index in [9.17, 15) is 14.8 Å². The highest BCUT2D eigenvalue weighted by molar-refractivity contribution is 7.13. The predicted molar refractivity (Wildman–Crippen MR) is 101 cm³/mol. The van der Waals surface area contributed by atoms with Crippen molar-refractivity contribution < 1.29 is 24.3 Å². The fraction of sp³-hybridized carbons (Fsp3) is 0.312. The van der Waals surface area contributed by atoms with Gasteiger partial charge < -0.3 is 19.5 Å². The number of esters is 1. The molecular formula is C16H20BN3O5S. The summed E-state index contributed by atoms with van der Waals surface area (Å²) in [4.78, 5) is 15.7. The van der Waals surface area contributed by atoms with Crippen LogP contribution in [0.4, 0.5) is 5.13 Å². The first-order chi connectivity index (χ1) is 12.5. The van der Waals surface area contributed by atoms with Crippen molar-refractivity contribution in [1.29, 1.82) is 0 Å². The Balaban J connectivity index is 2.04. The number of hydrogen-bond acceptors (Lipinski definition) is 9. The number of aromatic nitrogens is 1. The Labute approximate surface area is 155 Å². The number of hydrazone groups is 1. The maximum atomic E-state index is 11.4. The molecule has 2 rings (SSSR count). The standard InChI is InChI=1S/C16H20BN3O5S/c1-3-24-14-6-5-12(17(22)23)7-11(14)9-18-20-16-19-13(10-26-16)8-15(21)25-4-2/h5-7,9-10,22-23H,3-4,8H2,1-2H3,(H,19,20). The lowest BCUT2D eigenvalue weighted by atomic mass is 9.79. The number of carbonyl (C=O) groups is 1. The molecule has 0 atom stereocenters. The third-order valence-electron chi connectivity index (χ3n) is 3.18. The lowest BCUT2D eigenvalue weighted by Crippen LogP contribution is -2.30. The molecule has 0 spiro atoms. The van der Waals surface area contributed by atoms with E-state index in [0.717, 1.165) is 0 Å². The van der Waals surface area contributed by atoms with Gasteiger partial charge in [0.2, 0.25) is 5.13 Å². The van der Waals surface area contributed by atoms with Gasteiger partial charge in [0.15, 0.2) is 0 Å². The number of benzene rings is 1. The normalized spacial score (nSPS) is 10.8. The Morgan fingerprint density at radius 1 is 1.38 bits per heavy atom. The van der Waals surface area contributed by atoms with Crippen LogP contribution < -0.4 is 15.6 Å². The van der Waals surface area contributed by atoms with Crippen LogP contribution in [0, 0.1) is 0 Å². The number of nitrogens with one attached hydrogen (secondary N) is 1. The molecule has 0 unspecified atom stereocenters. The van der Waals surface area contributed by atoms with Gasteiger partial charge in [-0.05, 0) is 31.4 Å². The molecule has 8 nitrogen and oxygen atoms in total. The van der Waals surface area contributed by atoms with E-state index in [1.807, 2.05) is 6.92 Å². The third kappa shape index (κ3) is 5.83. The molecule has 0 radical (unpaired) electrons. The summed E-state index contributed by atoms with van der Waals surface area (Å²) in [6.07, 6.45) is 1.62. The third-order valence-corrected chi connectivity index (χ3v) is 3.97. The Morgan fingerprint density at radius 2 is 2.19 bits per heavy atom. The van der Waals surface area contributed by atoms with Crippen LogP contribution in [-0.4, -0.2) is 47.5 Å². The van der Waals surface area contributed by atoms with Crippen LogP contribution in [0.5, 0.6) is 5.75 Å². The van der Waals surface area contributed by atoms with E-state index < -0.39 is 7.12 Å². The van der Waals surface area contributed by atoms with Crippen LogP contribution in [-0.2, 0) is 16.0 Å². The van der Waals surface area contributed by atoms with Crippen molar-refractivity contribution in [2.24, 2.45) is 5.10 Å². The molecule has 1 heterocycles. The molecule has 0 fully saturated rings. The van der Waals surface area contributed by atoms with Gasteiger partial charge in [0.05, 0.1) is 31.5 Å². The van der Waals surface area contributed by atoms with Crippen molar-refractivity contribution in [3.05, 3.63) is 34.8 Å². The van der Waals surface area contributed by atoms with Gasteiger partial charge in [-0.2, -0.15) is 5.10 Å². The second-order valence-corrected chi connectivity index (χ2v) is 5.96. The molecule has 0 saturated heterocycles. The largest absolute Gasteiger partial charge is 0.493 e. The SMILES string of the molecule is CCOC(=O)Cc1csc(NN=Cc2cc(B(O)O)ccc2OCC)n1. The highest BCUT2D eigenvalue weighted by Gasteiger charge is 2.13. The maximum Gasteiger partial charge on any atom is 0.488 e. The zero-order chi connectivity index (χ0) is 18.9. The first-order valence-electron chi connectivity index (χ1n) is 8.05. The van der Waals surface area contributed by atoms with Crippen molar-refractivity contribution in [3.8, 4) is 5.75 Å². The minimum absolute atomic E-state index is 0.112. The highest BCUT2D eigenvalue weighted by atomic mass is 32.1. The van der Waals surface area contributed by atoms with Crippen LogP contribution in [0.15, 0.2) is 28.7 Å². The van der Waals surface area contributed by atoms with E-state index in [1.165, 1.54) is 17.6 Å². The predicted octanol–water partition coefficient (Wildman–Crippen LogP) is 0.773. The van der Waals surface area contributed by atoms with E-state index in [0.29, 0.717) is 40.8 Å². The minimum Gasteiger partial charge on any atom is -0.493 e. The molecule has 0 amide bonds. The Hall–Kier alpha value is -2.43. The molecule has 1 aromatic heterocycles. The number of anilines is 1. The number of ether oxygens (including phenoxy) is 2. The molecule has 3 N–H and O–H groups in total. The fourth-order valence-electron chi connectivity index (χ4n) is 2.07. The molecule has 0 aliphatic rings. The summed E-state index contributed by atoms with van der Waals surface area (Å²) in [6, 6.07) is 4.80. The first-order valence-corrected chi connectivity index (χ1v) is 8.93. The van der Waals surface area contributed by atoms with Crippen LogP contribution in [0.2, 0.25) is 0 Å². The van der Waals surface area contributed by atoms with E-state index in [4.69, 9.17) is 9.47 Å². The monoisotopic (exact) mass is 377 g/mol. The zero-order valence-corrected chi connectivity index (χ0v) is 15.3. The lowest BCUT2D eigenvalue weighted by molar-refractivity contribution is -0.142. The number of rotatable bonds is 9. The summed E-state index contributed by atoms with van der Waals surface area (Å²) in [5.74, 6) is 0.248. The molecule has 10 heteroatoms. The number of nitrogens with zero attached hydrogens (tertiary/aromatic N) is 2. The van der Waals surface area contributed by atoms with Crippen LogP contribution >= 0.6 is 11.3 Å². The van der Waals surface area contributed by atoms with E-state index in [-0.39, 0.29) is 12.4 Å². The average Bonchev–Trinajstić information content (AvgIpc) is 3.03. The molecule has 26 heavy (non-hydrogen) atoms. The summed E-state index contributed by atoms with van der Waals surface area (Å²) in [5.41, 5.74) is 4.31. The molecule has 0 aliphatic heterocycles. The number of thiazole rings is 1. The van der Waals surface area contributed by atoms with Crippen molar-refractivity contribution in [2.45, 2.75) is 20.3 Å². The van der Waals surface area contributed by atoms with Gasteiger partial charge in [0, 0.05) is 10.9 Å². The molecule has 0 saturated carbocycles. The molecular weight excluding hydrogens is 357 g/mol. The molecule has 138 valence electrons. The Kier molecular flexibility index (Phi) is 7.58. The lowest BCUT2D eigenvalue weighted by Gasteiger charge is -2.08. The number of carbonyl (C=O) groups excluding carboxylic acids is 1. The van der Waals surface area contributed by atoms with Crippen LogP contribution in [0.1, 0.15) is 25.1 Å². The van der Waals surface area contributed by atoms with Gasteiger partial charge in [-0.3, -0.25) is 10.2 Å². The maximum absolute atomic E-state index is 11.4. The van der Waals surface area contributed by atoms with Crippen molar-refractivity contribution in [1.82, 2.24) is 4.98 Å². The first kappa shape index (κ1) is 19.9. The highest BCUT2D eigenvalue weighted by Crippen LogP contribution is 2.17. The smallest absolute Gasteiger partial charge is 0.488 e. The van der Waals surface area contributed by atoms with Crippen molar-refractivity contribution in [2.75, 3.05) is 18.6 Å². The second kappa shape index (κ2) is 9.90. The van der Waals surface area contributed by atoms with Crippen LogP contribution in [0.25, 0.3) is 0 Å². The van der Waals surface area contributed by atoms with Gasteiger partial charge >= 0.3 is 13.1 Å². The quantitative estimate of drug-likeness (QED) is 0.256. The van der Waals surface area contributed by atoms with Crippen molar-refractivity contribution in [3.63, 3.8) is 0 Å². The van der Waals surface area contributed by atoms with E-state index in [1.54, 1.807) is 30.5 Å². The molecule has 1 aromatic carbocycles. The molecule has 0 aliphatic carbocycles. The average molecular weight is 377 g/mol. The Morgan fingerprint density at radius 3 is 2.88 bits per heavy atom. The summed E-state index contributed by atoms with van der Waals surface area (Å²) in [7, 11) is -1.57. The van der Waals surface area contributed by atoms with Gasteiger partial charge in [0.1, 0.15) is 5.75 Å². The molecule has 0 bridgehead atoms. The Bertz CT molecular complexity index is 766. The molecule has 2 aromatic rings. The summed E-state index contributed by atoms with van der Waals surface area (Å²) < 4.78 is 10.4.